The van der Waals surface area contributed by atoms with Gasteiger partial charge in [0.1, 0.15) is 10.8 Å². The second-order valence-corrected chi connectivity index (χ2v) is 2.72. The molecule has 0 aliphatic rings. The topological polar surface area (TPSA) is 30.0 Å². The van der Waals surface area contributed by atoms with Gasteiger partial charge in [0, 0.05) is 6.92 Å². The van der Waals surface area contributed by atoms with Crippen LogP contribution < -0.4 is 0 Å². The Morgan fingerprint density at radius 3 is 2.64 bits per heavy atom. The first-order valence-corrected chi connectivity index (χ1v) is 3.63. The summed E-state index contributed by atoms with van der Waals surface area (Å²) < 4.78 is 0. The Hall–Kier alpha value is -0.890. The fourth-order valence-corrected chi connectivity index (χ4v) is 0.854. The summed E-state index contributed by atoms with van der Waals surface area (Å²) in [6.45, 7) is 3.31. The van der Waals surface area contributed by atoms with E-state index in [2.05, 4.69) is 4.98 Å². The smallest absolute Gasteiger partial charge is 0.178 e. The summed E-state index contributed by atoms with van der Waals surface area (Å²) in [5.74, 6) is -0.0631. The van der Waals surface area contributed by atoms with Gasteiger partial charge in [0.2, 0.25) is 0 Å². The number of aromatic nitrogens is 1. The van der Waals surface area contributed by atoms with E-state index in [0.717, 1.165) is 5.56 Å². The van der Waals surface area contributed by atoms with E-state index in [1.165, 1.54) is 6.92 Å². The summed E-state index contributed by atoms with van der Waals surface area (Å²) in [6.07, 6.45) is 0. The molecular weight excluding hydrogens is 162 g/mol. The van der Waals surface area contributed by atoms with Gasteiger partial charge in [0.15, 0.2) is 5.78 Å². The molecule has 0 saturated carbocycles. The normalized spacial score (nSPS) is 9.73. The van der Waals surface area contributed by atoms with Gasteiger partial charge in [-0.05, 0) is 18.6 Å². The van der Waals surface area contributed by atoms with Crippen LogP contribution in [0.3, 0.4) is 0 Å². The van der Waals surface area contributed by atoms with Crippen LogP contribution in [0.1, 0.15) is 23.0 Å². The minimum Gasteiger partial charge on any atom is -0.293 e. The predicted molar refractivity (Wildman–Crippen MR) is 44.0 cm³/mol. The molecule has 0 amide bonds. The van der Waals surface area contributed by atoms with Crippen LogP contribution in [0.25, 0.3) is 0 Å². The molecule has 0 aliphatic carbocycles. The van der Waals surface area contributed by atoms with Crippen LogP contribution in [-0.4, -0.2) is 10.8 Å². The lowest BCUT2D eigenvalue weighted by Gasteiger charge is -1.97. The SMILES string of the molecule is CC(=O)c1ccc(C)c(Cl)n1. The molecule has 0 spiro atoms. The lowest BCUT2D eigenvalue weighted by Crippen LogP contribution is -1.96. The Morgan fingerprint density at radius 1 is 1.55 bits per heavy atom. The Labute approximate surface area is 70.2 Å². The zero-order chi connectivity index (χ0) is 8.43. The summed E-state index contributed by atoms with van der Waals surface area (Å²) in [4.78, 5) is 14.7. The monoisotopic (exact) mass is 169 g/mol. The van der Waals surface area contributed by atoms with Crippen molar-refractivity contribution < 1.29 is 4.79 Å². The molecule has 58 valence electrons. The van der Waals surface area contributed by atoms with Gasteiger partial charge in [0.05, 0.1) is 0 Å². The number of ketones is 1. The molecule has 0 aliphatic heterocycles. The number of pyridine rings is 1. The molecule has 0 atom stereocenters. The van der Waals surface area contributed by atoms with Crippen molar-refractivity contribution in [1.82, 2.24) is 4.98 Å². The quantitative estimate of drug-likeness (QED) is 0.477. The van der Waals surface area contributed by atoms with E-state index < -0.39 is 0 Å². The number of aryl methyl sites for hydroxylation is 1. The molecule has 1 heterocycles. The van der Waals surface area contributed by atoms with E-state index in [1.807, 2.05) is 6.92 Å². The molecule has 0 aromatic carbocycles. The molecule has 0 radical (unpaired) electrons. The molecule has 0 saturated heterocycles. The highest BCUT2D eigenvalue weighted by Gasteiger charge is 2.02. The lowest BCUT2D eigenvalue weighted by atomic mass is 10.2. The molecule has 3 heteroatoms. The van der Waals surface area contributed by atoms with Crippen molar-refractivity contribution in [1.29, 1.82) is 0 Å². The van der Waals surface area contributed by atoms with Gasteiger partial charge >= 0.3 is 0 Å². The number of nitrogens with zero attached hydrogens (tertiary/aromatic N) is 1. The summed E-state index contributed by atoms with van der Waals surface area (Å²) in [5.41, 5.74) is 1.30. The first-order chi connectivity index (χ1) is 5.11. The largest absolute Gasteiger partial charge is 0.293 e. The number of rotatable bonds is 1. The van der Waals surface area contributed by atoms with Crippen LogP contribution >= 0.6 is 11.6 Å². The molecule has 1 rings (SSSR count). The molecule has 0 bridgehead atoms. The van der Waals surface area contributed by atoms with Crippen molar-refractivity contribution in [3.05, 3.63) is 28.5 Å². The number of hydrogen-bond acceptors (Lipinski definition) is 2. The molecule has 1 aromatic rings. The molecule has 0 fully saturated rings. The Balaban J connectivity index is 3.15. The zero-order valence-corrected chi connectivity index (χ0v) is 7.14. The van der Waals surface area contributed by atoms with Crippen LogP contribution in [0.15, 0.2) is 12.1 Å². The van der Waals surface area contributed by atoms with Crippen molar-refractivity contribution in [3.8, 4) is 0 Å². The van der Waals surface area contributed by atoms with E-state index in [9.17, 15) is 4.79 Å². The summed E-state index contributed by atoms with van der Waals surface area (Å²) in [5, 5.41) is 0.401. The Morgan fingerprint density at radius 2 is 2.18 bits per heavy atom. The van der Waals surface area contributed by atoms with E-state index in [-0.39, 0.29) is 5.78 Å². The number of carbonyl (C=O) groups is 1. The van der Waals surface area contributed by atoms with Gasteiger partial charge in [-0.1, -0.05) is 17.7 Å². The van der Waals surface area contributed by atoms with Gasteiger partial charge in [-0.2, -0.15) is 0 Å². The van der Waals surface area contributed by atoms with Crippen molar-refractivity contribution in [2.24, 2.45) is 0 Å². The number of halogens is 1. The highest BCUT2D eigenvalue weighted by molar-refractivity contribution is 6.30. The van der Waals surface area contributed by atoms with Crippen molar-refractivity contribution in [3.63, 3.8) is 0 Å². The lowest BCUT2D eigenvalue weighted by molar-refractivity contribution is 0.101. The Bertz CT molecular complexity index is 296. The molecule has 1 aromatic heterocycles. The van der Waals surface area contributed by atoms with Crippen molar-refractivity contribution >= 4 is 17.4 Å². The van der Waals surface area contributed by atoms with Crippen molar-refractivity contribution in [2.75, 3.05) is 0 Å². The second kappa shape index (κ2) is 3.01. The van der Waals surface area contributed by atoms with Crippen LogP contribution in [0.2, 0.25) is 5.15 Å². The average Bonchev–Trinajstić information content (AvgIpc) is 1.94. The number of carbonyl (C=O) groups excluding carboxylic acids is 1. The number of hydrogen-bond donors (Lipinski definition) is 0. The fraction of sp³-hybridized carbons (Fsp3) is 0.250. The first kappa shape index (κ1) is 8.21. The van der Waals surface area contributed by atoms with E-state index in [0.29, 0.717) is 10.8 Å². The predicted octanol–water partition coefficient (Wildman–Crippen LogP) is 2.25. The molecule has 0 N–H and O–H groups in total. The standard InChI is InChI=1S/C8H8ClNO/c1-5-3-4-7(6(2)11)10-8(5)9/h3-4H,1-2H3. The highest BCUT2D eigenvalue weighted by atomic mass is 35.5. The van der Waals surface area contributed by atoms with Crippen LogP contribution in [0, 0.1) is 6.92 Å². The van der Waals surface area contributed by atoms with Crippen molar-refractivity contribution in [2.45, 2.75) is 13.8 Å². The van der Waals surface area contributed by atoms with E-state index >= 15 is 0 Å². The maximum Gasteiger partial charge on any atom is 0.178 e. The maximum absolute atomic E-state index is 10.8. The highest BCUT2D eigenvalue weighted by Crippen LogP contribution is 2.11. The van der Waals surface area contributed by atoms with E-state index in [4.69, 9.17) is 11.6 Å². The zero-order valence-electron chi connectivity index (χ0n) is 6.39. The van der Waals surface area contributed by atoms with Crippen LogP contribution in [0.4, 0.5) is 0 Å². The number of Topliss-reactive ketones (excluding diaryl/α,β-unsaturated/α-hetero) is 1. The molecule has 2 nitrogen and oxygen atoms in total. The van der Waals surface area contributed by atoms with Crippen LogP contribution in [-0.2, 0) is 0 Å². The second-order valence-electron chi connectivity index (χ2n) is 2.36. The third-order valence-electron chi connectivity index (χ3n) is 1.40. The Kier molecular flexibility index (Phi) is 2.25. The van der Waals surface area contributed by atoms with Gasteiger partial charge in [0.25, 0.3) is 0 Å². The minimum atomic E-state index is -0.0631. The molecule has 0 unspecified atom stereocenters. The average molecular weight is 170 g/mol. The van der Waals surface area contributed by atoms with Gasteiger partial charge in [-0.15, -0.1) is 0 Å². The first-order valence-electron chi connectivity index (χ1n) is 3.25. The van der Waals surface area contributed by atoms with E-state index in [1.54, 1.807) is 12.1 Å². The minimum absolute atomic E-state index is 0.0631. The van der Waals surface area contributed by atoms with Gasteiger partial charge in [-0.25, -0.2) is 4.98 Å². The van der Waals surface area contributed by atoms with Crippen LogP contribution in [0.5, 0.6) is 0 Å². The summed E-state index contributed by atoms with van der Waals surface area (Å²) in [7, 11) is 0. The summed E-state index contributed by atoms with van der Waals surface area (Å²) in [6, 6.07) is 3.45. The third kappa shape index (κ3) is 1.77. The summed E-state index contributed by atoms with van der Waals surface area (Å²) >= 11 is 5.69. The fourth-order valence-electron chi connectivity index (χ4n) is 0.700. The third-order valence-corrected chi connectivity index (χ3v) is 1.78. The maximum atomic E-state index is 10.8. The van der Waals surface area contributed by atoms with Gasteiger partial charge < -0.3 is 0 Å². The van der Waals surface area contributed by atoms with Gasteiger partial charge in [-0.3, -0.25) is 4.79 Å². The molecule has 11 heavy (non-hydrogen) atoms. The molecular formula is C8H8ClNO.